The smallest absolute Gasteiger partial charge is 0.248 e. The van der Waals surface area contributed by atoms with Gasteiger partial charge in [0.2, 0.25) is 5.56 Å². The molecule has 2 heterocycles. The molecule has 3 heteroatoms. The number of fused-ring (bicyclic) bond motifs is 1. The Morgan fingerprint density at radius 2 is 1.76 bits per heavy atom. The van der Waals surface area contributed by atoms with Crippen LogP contribution in [0.25, 0.3) is 22.0 Å². The first-order valence-electron chi connectivity index (χ1n) is 5.37. The lowest BCUT2D eigenvalue weighted by Crippen LogP contribution is -2.02. The fourth-order valence-corrected chi connectivity index (χ4v) is 1.97. The molecule has 17 heavy (non-hydrogen) atoms. The van der Waals surface area contributed by atoms with Gasteiger partial charge in [0, 0.05) is 29.4 Å². The zero-order valence-electron chi connectivity index (χ0n) is 9.05. The van der Waals surface area contributed by atoms with Gasteiger partial charge in [-0.05, 0) is 35.4 Å². The second-order valence-corrected chi connectivity index (χ2v) is 3.83. The summed E-state index contributed by atoms with van der Waals surface area (Å²) >= 11 is 0. The lowest BCUT2D eigenvalue weighted by molar-refractivity contribution is 1.30. The third kappa shape index (κ3) is 1.72. The maximum atomic E-state index is 11.3. The number of nitrogens with one attached hydrogen (secondary N) is 1. The van der Waals surface area contributed by atoms with Gasteiger partial charge in [-0.1, -0.05) is 12.1 Å². The molecular formula is C14H10N2O. The standard InChI is InChI=1S/C14H10N2O/c17-14-5-4-12-11(2-1-3-13(12)16-14)10-6-8-15-9-7-10/h1-9H,(H,16,17). The summed E-state index contributed by atoms with van der Waals surface area (Å²) in [6.45, 7) is 0. The molecule has 0 fully saturated rings. The Labute approximate surface area is 97.8 Å². The highest BCUT2D eigenvalue weighted by atomic mass is 16.1. The number of aromatic amines is 1. The Morgan fingerprint density at radius 3 is 2.59 bits per heavy atom. The van der Waals surface area contributed by atoms with E-state index < -0.39 is 0 Å². The van der Waals surface area contributed by atoms with Crippen molar-refractivity contribution in [1.82, 2.24) is 9.97 Å². The molecule has 1 N–H and O–H groups in total. The van der Waals surface area contributed by atoms with E-state index in [2.05, 4.69) is 9.97 Å². The first kappa shape index (κ1) is 9.78. The van der Waals surface area contributed by atoms with E-state index in [0.29, 0.717) is 0 Å². The molecule has 0 aliphatic rings. The molecule has 0 aliphatic carbocycles. The number of aromatic nitrogens is 2. The fraction of sp³-hybridized carbons (Fsp3) is 0. The topological polar surface area (TPSA) is 45.8 Å². The van der Waals surface area contributed by atoms with E-state index in [9.17, 15) is 4.79 Å². The summed E-state index contributed by atoms with van der Waals surface area (Å²) in [6.07, 6.45) is 3.53. The zero-order valence-corrected chi connectivity index (χ0v) is 9.05. The molecule has 3 nitrogen and oxygen atoms in total. The zero-order chi connectivity index (χ0) is 11.7. The molecule has 3 aromatic rings. The minimum atomic E-state index is -0.0793. The van der Waals surface area contributed by atoms with E-state index in [-0.39, 0.29) is 5.56 Å². The Hall–Kier alpha value is -2.42. The van der Waals surface area contributed by atoms with Gasteiger partial charge < -0.3 is 4.98 Å². The summed E-state index contributed by atoms with van der Waals surface area (Å²) in [6, 6.07) is 13.2. The van der Waals surface area contributed by atoms with Gasteiger partial charge in [0.05, 0.1) is 0 Å². The summed E-state index contributed by atoms with van der Waals surface area (Å²) in [7, 11) is 0. The van der Waals surface area contributed by atoms with Crippen molar-refractivity contribution in [3.05, 3.63) is 65.2 Å². The minimum absolute atomic E-state index is 0.0793. The Morgan fingerprint density at radius 1 is 0.941 bits per heavy atom. The Kier molecular flexibility index (Phi) is 2.22. The molecule has 0 atom stereocenters. The van der Waals surface area contributed by atoms with E-state index in [1.165, 1.54) is 0 Å². The summed E-state index contributed by atoms with van der Waals surface area (Å²) in [5.41, 5.74) is 2.97. The van der Waals surface area contributed by atoms with Crippen LogP contribution in [0.4, 0.5) is 0 Å². The van der Waals surface area contributed by atoms with Crippen LogP contribution in [-0.4, -0.2) is 9.97 Å². The number of H-pyrrole nitrogens is 1. The third-order valence-corrected chi connectivity index (χ3v) is 2.76. The first-order chi connectivity index (χ1) is 8.34. The van der Waals surface area contributed by atoms with E-state index in [0.717, 1.165) is 22.0 Å². The molecule has 0 unspecified atom stereocenters. The van der Waals surface area contributed by atoms with Crippen LogP contribution in [0.1, 0.15) is 0 Å². The predicted octanol–water partition coefficient (Wildman–Crippen LogP) is 2.59. The van der Waals surface area contributed by atoms with Gasteiger partial charge in [-0.3, -0.25) is 9.78 Å². The van der Waals surface area contributed by atoms with Gasteiger partial charge in [0.1, 0.15) is 0 Å². The monoisotopic (exact) mass is 222 g/mol. The number of benzene rings is 1. The fourth-order valence-electron chi connectivity index (χ4n) is 1.97. The van der Waals surface area contributed by atoms with Gasteiger partial charge in [-0.15, -0.1) is 0 Å². The molecule has 2 aromatic heterocycles. The van der Waals surface area contributed by atoms with Crippen LogP contribution in [0.5, 0.6) is 0 Å². The third-order valence-electron chi connectivity index (χ3n) is 2.76. The van der Waals surface area contributed by atoms with Crippen molar-refractivity contribution in [1.29, 1.82) is 0 Å². The van der Waals surface area contributed by atoms with Gasteiger partial charge in [-0.2, -0.15) is 0 Å². The number of hydrogen-bond acceptors (Lipinski definition) is 2. The molecule has 0 amide bonds. The molecule has 0 aliphatic heterocycles. The molecule has 3 rings (SSSR count). The van der Waals surface area contributed by atoms with Crippen molar-refractivity contribution >= 4 is 10.9 Å². The summed E-state index contributed by atoms with van der Waals surface area (Å²) in [5, 5.41) is 1.04. The molecule has 0 radical (unpaired) electrons. The van der Waals surface area contributed by atoms with Crippen LogP contribution in [-0.2, 0) is 0 Å². The maximum Gasteiger partial charge on any atom is 0.248 e. The van der Waals surface area contributed by atoms with Crippen molar-refractivity contribution in [2.45, 2.75) is 0 Å². The normalized spacial score (nSPS) is 10.6. The average Bonchev–Trinajstić information content (AvgIpc) is 2.39. The van der Waals surface area contributed by atoms with E-state index in [4.69, 9.17) is 0 Å². The largest absolute Gasteiger partial charge is 0.322 e. The van der Waals surface area contributed by atoms with E-state index >= 15 is 0 Å². The number of rotatable bonds is 1. The second kappa shape index (κ2) is 3.87. The van der Waals surface area contributed by atoms with Crippen molar-refractivity contribution < 1.29 is 0 Å². The van der Waals surface area contributed by atoms with Crippen LogP contribution in [0.2, 0.25) is 0 Å². The van der Waals surface area contributed by atoms with Crippen molar-refractivity contribution in [3.63, 3.8) is 0 Å². The Bertz CT molecular complexity index is 717. The van der Waals surface area contributed by atoms with Gasteiger partial charge >= 0.3 is 0 Å². The van der Waals surface area contributed by atoms with E-state index in [1.54, 1.807) is 18.5 Å². The van der Waals surface area contributed by atoms with Crippen LogP contribution in [0.3, 0.4) is 0 Å². The molecule has 0 saturated heterocycles. The van der Waals surface area contributed by atoms with Gasteiger partial charge in [0.25, 0.3) is 0 Å². The lowest BCUT2D eigenvalue weighted by Gasteiger charge is -2.05. The first-order valence-corrected chi connectivity index (χ1v) is 5.37. The maximum absolute atomic E-state index is 11.3. The summed E-state index contributed by atoms with van der Waals surface area (Å²) < 4.78 is 0. The highest BCUT2D eigenvalue weighted by Crippen LogP contribution is 2.26. The second-order valence-electron chi connectivity index (χ2n) is 3.83. The quantitative estimate of drug-likeness (QED) is 0.687. The predicted molar refractivity (Wildman–Crippen MR) is 67.8 cm³/mol. The molecule has 0 bridgehead atoms. The molecule has 1 aromatic carbocycles. The van der Waals surface area contributed by atoms with E-state index in [1.807, 2.05) is 36.4 Å². The highest BCUT2D eigenvalue weighted by molar-refractivity contribution is 5.94. The summed E-state index contributed by atoms with van der Waals surface area (Å²) in [4.78, 5) is 18.1. The molecule has 82 valence electrons. The van der Waals surface area contributed by atoms with Crippen LogP contribution in [0.15, 0.2) is 59.7 Å². The van der Waals surface area contributed by atoms with Gasteiger partial charge in [0.15, 0.2) is 0 Å². The average molecular weight is 222 g/mol. The molecule has 0 saturated carbocycles. The SMILES string of the molecule is O=c1ccc2c(-c3ccncc3)cccc2[nH]1. The van der Waals surface area contributed by atoms with Crippen LogP contribution in [0, 0.1) is 0 Å². The Balaban J connectivity index is 2.34. The number of pyridine rings is 2. The molecular weight excluding hydrogens is 212 g/mol. The van der Waals surface area contributed by atoms with Crippen molar-refractivity contribution in [2.75, 3.05) is 0 Å². The summed E-state index contributed by atoms with van der Waals surface area (Å²) in [5.74, 6) is 0. The van der Waals surface area contributed by atoms with Crippen molar-refractivity contribution in [2.24, 2.45) is 0 Å². The number of nitrogens with zero attached hydrogens (tertiary/aromatic N) is 1. The molecule has 0 spiro atoms. The number of hydrogen-bond donors (Lipinski definition) is 1. The minimum Gasteiger partial charge on any atom is -0.322 e. The van der Waals surface area contributed by atoms with Gasteiger partial charge in [-0.25, -0.2) is 0 Å². The van der Waals surface area contributed by atoms with Crippen molar-refractivity contribution in [3.8, 4) is 11.1 Å². The lowest BCUT2D eigenvalue weighted by atomic mass is 10.0. The highest BCUT2D eigenvalue weighted by Gasteiger charge is 2.03. The van der Waals surface area contributed by atoms with Crippen LogP contribution >= 0.6 is 0 Å². The van der Waals surface area contributed by atoms with Crippen LogP contribution < -0.4 is 5.56 Å².